The summed E-state index contributed by atoms with van der Waals surface area (Å²) in [6.45, 7) is 6.45. The zero-order valence-electron chi connectivity index (χ0n) is 14.1. The van der Waals surface area contributed by atoms with Crippen LogP contribution in [0.3, 0.4) is 0 Å². The average Bonchev–Trinajstić information content (AvgIpc) is 3.15. The topological polar surface area (TPSA) is 53.8 Å². The normalized spacial score (nSPS) is 15.0. The fourth-order valence-electron chi connectivity index (χ4n) is 2.87. The van der Waals surface area contributed by atoms with Crippen molar-refractivity contribution < 1.29 is 14.0 Å². The Morgan fingerprint density at radius 3 is 1.88 bits per heavy atom. The van der Waals surface area contributed by atoms with E-state index < -0.39 is 0 Å². The summed E-state index contributed by atoms with van der Waals surface area (Å²) in [5, 5.41) is 0. The second kappa shape index (κ2) is 6.91. The van der Waals surface area contributed by atoms with E-state index in [2.05, 4.69) is 13.8 Å². The molecule has 0 unspecified atom stereocenters. The van der Waals surface area contributed by atoms with E-state index in [1.165, 1.54) is 18.1 Å². The van der Waals surface area contributed by atoms with Gasteiger partial charge in [-0.05, 0) is 29.7 Å². The minimum Gasteiger partial charge on any atom is -0.472 e. The summed E-state index contributed by atoms with van der Waals surface area (Å²) in [6, 6.07) is 9.46. The summed E-state index contributed by atoms with van der Waals surface area (Å²) in [7, 11) is 0. The van der Waals surface area contributed by atoms with E-state index in [-0.39, 0.29) is 11.8 Å². The lowest BCUT2D eigenvalue weighted by Gasteiger charge is -2.34. The van der Waals surface area contributed by atoms with Crippen LogP contribution >= 0.6 is 0 Å². The molecule has 0 saturated carbocycles. The molecular weight excluding hydrogens is 304 g/mol. The SMILES string of the molecule is CC(C)c1ccc(C(=O)N2CCN(C(=O)c3ccoc3)CC2)cc1. The Labute approximate surface area is 141 Å². The Hall–Kier alpha value is -2.56. The Morgan fingerprint density at radius 1 is 0.875 bits per heavy atom. The summed E-state index contributed by atoms with van der Waals surface area (Å²) in [6.07, 6.45) is 2.95. The number of hydrogen-bond donors (Lipinski definition) is 0. The van der Waals surface area contributed by atoms with Crippen molar-refractivity contribution >= 4 is 11.8 Å². The quantitative estimate of drug-likeness (QED) is 0.871. The number of carbonyl (C=O) groups excluding carboxylic acids is 2. The zero-order chi connectivity index (χ0) is 17.1. The van der Waals surface area contributed by atoms with E-state index in [0.29, 0.717) is 43.2 Å². The number of piperazine rings is 1. The predicted molar refractivity (Wildman–Crippen MR) is 91.0 cm³/mol. The molecule has 3 rings (SSSR count). The maximum atomic E-state index is 12.6. The molecule has 0 N–H and O–H groups in total. The van der Waals surface area contributed by atoms with Gasteiger partial charge in [0.05, 0.1) is 11.8 Å². The van der Waals surface area contributed by atoms with Crippen molar-refractivity contribution in [3.8, 4) is 0 Å². The lowest BCUT2D eigenvalue weighted by atomic mass is 10.0. The van der Waals surface area contributed by atoms with Crippen molar-refractivity contribution in [2.75, 3.05) is 26.2 Å². The van der Waals surface area contributed by atoms with Crippen molar-refractivity contribution in [1.82, 2.24) is 9.80 Å². The third kappa shape index (κ3) is 3.35. The number of benzene rings is 1. The fourth-order valence-corrected chi connectivity index (χ4v) is 2.87. The first-order valence-electron chi connectivity index (χ1n) is 8.27. The van der Waals surface area contributed by atoms with Crippen molar-refractivity contribution in [2.45, 2.75) is 19.8 Å². The molecule has 24 heavy (non-hydrogen) atoms. The van der Waals surface area contributed by atoms with E-state index >= 15 is 0 Å². The Morgan fingerprint density at radius 2 is 1.42 bits per heavy atom. The summed E-state index contributed by atoms with van der Waals surface area (Å²) < 4.78 is 4.96. The molecule has 0 bridgehead atoms. The van der Waals surface area contributed by atoms with Crippen molar-refractivity contribution in [3.63, 3.8) is 0 Å². The molecule has 2 heterocycles. The second-order valence-corrected chi connectivity index (χ2v) is 6.37. The van der Waals surface area contributed by atoms with Gasteiger partial charge in [0.1, 0.15) is 6.26 Å². The molecule has 1 aromatic carbocycles. The van der Waals surface area contributed by atoms with Crippen LogP contribution in [0, 0.1) is 0 Å². The minimum absolute atomic E-state index is 0.0284. The van der Waals surface area contributed by atoms with E-state index in [1.807, 2.05) is 29.2 Å². The molecule has 0 atom stereocenters. The van der Waals surface area contributed by atoms with E-state index in [4.69, 9.17) is 4.42 Å². The molecule has 2 aromatic rings. The number of furan rings is 1. The first-order valence-corrected chi connectivity index (χ1v) is 8.27. The number of carbonyl (C=O) groups is 2. The lowest BCUT2D eigenvalue weighted by Crippen LogP contribution is -2.50. The molecular formula is C19H22N2O3. The Kier molecular flexibility index (Phi) is 4.69. The van der Waals surface area contributed by atoms with Gasteiger partial charge in [-0.1, -0.05) is 26.0 Å². The van der Waals surface area contributed by atoms with Crippen LogP contribution in [0.4, 0.5) is 0 Å². The first kappa shape index (κ1) is 16.3. The highest BCUT2D eigenvalue weighted by Gasteiger charge is 2.25. The summed E-state index contributed by atoms with van der Waals surface area (Å²) >= 11 is 0. The van der Waals surface area contributed by atoms with Gasteiger partial charge < -0.3 is 14.2 Å². The Bertz CT molecular complexity index is 697. The van der Waals surface area contributed by atoms with Gasteiger partial charge in [0.2, 0.25) is 0 Å². The van der Waals surface area contributed by atoms with E-state index in [9.17, 15) is 9.59 Å². The van der Waals surface area contributed by atoms with Gasteiger partial charge in [-0.2, -0.15) is 0 Å². The molecule has 0 radical (unpaired) electrons. The van der Waals surface area contributed by atoms with Crippen LogP contribution in [-0.4, -0.2) is 47.8 Å². The first-order chi connectivity index (χ1) is 11.6. The van der Waals surface area contributed by atoms with Gasteiger partial charge in [0.25, 0.3) is 11.8 Å². The van der Waals surface area contributed by atoms with E-state index in [1.54, 1.807) is 11.0 Å². The van der Waals surface area contributed by atoms with Gasteiger partial charge >= 0.3 is 0 Å². The highest BCUT2D eigenvalue weighted by molar-refractivity contribution is 5.95. The van der Waals surface area contributed by atoms with Gasteiger partial charge in [-0.15, -0.1) is 0 Å². The minimum atomic E-state index is -0.0443. The average molecular weight is 326 g/mol. The summed E-state index contributed by atoms with van der Waals surface area (Å²) in [5.74, 6) is 0.435. The second-order valence-electron chi connectivity index (χ2n) is 6.37. The lowest BCUT2D eigenvalue weighted by molar-refractivity contribution is 0.0535. The molecule has 1 fully saturated rings. The van der Waals surface area contributed by atoms with Gasteiger partial charge in [-0.25, -0.2) is 0 Å². The molecule has 1 aliphatic rings. The zero-order valence-corrected chi connectivity index (χ0v) is 14.1. The van der Waals surface area contributed by atoms with Crippen molar-refractivity contribution in [2.24, 2.45) is 0 Å². The number of rotatable bonds is 3. The Balaban J connectivity index is 1.60. The van der Waals surface area contributed by atoms with E-state index in [0.717, 1.165) is 0 Å². The highest BCUT2D eigenvalue weighted by atomic mass is 16.3. The molecule has 2 amide bonds. The third-order valence-electron chi connectivity index (χ3n) is 4.45. The predicted octanol–water partition coefficient (Wildman–Crippen LogP) is 3.00. The number of amides is 2. The molecule has 1 aromatic heterocycles. The van der Waals surface area contributed by atoms with Gasteiger partial charge in [0, 0.05) is 31.7 Å². The van der Waals surface area contributed by atoms with Crippen LogP contribution in [0.15, 0.2) is 47.3 Å². The molecule has 0 aliphatic carbocycles. The smallest absolute Gasteiger partial charge is 0.257 e. The molecule has 1 aliphatic heterocycles. The van der Waals surface area contributed by atoms with Gasteiger partial charge in [0.15, 0.2) is 0 Å². The maximum absolute atomic E-state index is 12.6. The standard InChI is InChI=1S/C19H22N2O3/c1-14(2)15-3-5-16(6-4-15)18(22)20-8-10-21(11-9-20)19(23)17-7-12-24-13-17/h3-7,12-14H,8-11H2,1-2H3. The monoisotopic (exact) mass is 326 g/mol. The fraction of sp³-hybridized carbons (Fsp3) is 0.368. The number of nitrogens with zero attached hydrogens (tertiary/aromatic N) is 2. The van der Waals surface area contributed by atoms with Crippen molar-refractivity contribution in [3.05, 3.63) is 59.5 Å². The largest absolute Gasteiger partial charge is 0.472 e. The number of hydrogen-bond acceptors (Lipinski definition) is 3. The highest BCUT2D eigenvalue weighted by Crippen LogP contribution is 2.17. The van der Waals surface area contributed by atoms with Crippen LogP contribution < -0.4 is 0 Å². The van der Waals surface area contributed by atoms with Crippen LogP contribution in [-0.2, 0) is 0 Å². The molecule has 5 heteroatoms. The molecule has 5 nitrogen and oxygen atoms in total. The van der Waals surface area contributed by atoms with Crippen LogP contribution in [0.5, 0.6) is 0 Å². The molecule has 126 valence electrons. The summed E-state index contributed by atoms with van der Waals surface area (Å²) in [4.78, 5) is 28.4. The van der Waals surface area contributed by atoms with Crippen LogP contribution in [0.1, 0.15) is 46.0 Å². The molecule has 1 saturated heterocycles. The summed E-state index contributed by atoms with van der Waals surface area (Å²) in [5.41, 5.74) is 2.48. The van der Waals surface area contributed by atoms with Crippen molar-refractivity contribution in [1.29, 1.82) is 0 Å². The van der Waals surface area contributed by atoms with Crippen LogP contribution in [0.2, 0.25) is 0 Å². The molecule has 0 spiro atoms. The van der Waals surface area contributed by atoms with Crippen LogP contribution in [0.25, 0.3) is 0 Å². The maximum Gasteiger partial charge on any atom is 0.257 e. The third-order valence-corrected chi connectivity index (χ3v) is 4.45. The van der Waals surface area contributed by atoms with Gasteiger partial charge in [-0.3, -0.25) is 9.59 Å².